The summed E-state index contributed by atoms with van der Waals surface area (Å²) in [5.74, 6) is 0. The highest BCUT2D eigenvalue weighted by molar-refractivity contribution is 9.10. The fourth-order valence-electron chi connectivity index (χ4n) is 2.40. The zero-order valence-corrected chi connectivity index (χ0v) is 11.0. The maximum atomic E-state index is 6.10. The molecule has 2 N–H and O–H groups in total. The summed E-state index contributed by atoms with van der Waals surface area (Å²) in [5.41, 5.74) is 10.5. The zero-order valence-electron chi connectivity index (χ0n) is 9.44. The lowest BCUT2D eigenvalue weighted by Gasteiger charge is -2.20. The van der Waals surface area contributed by atoms with Crippen molar-refractivity contribution in [2.45, 2.75) is 45.1 Å². The Morgan fingerprint density at radius 3 is 2.73 bits per heavy atom. The van der Waals surface area contributed by atoms with E-state index < -0.39 is 0 Å². The van der Waals surface area contributed by atoms with Gasteiger partial charge in [-0.2, -0.15) is 0 Å². The molecule has 0 saturated heterocycles. The van der Waals surface area contributed by atoms with Gasteiger partial charge in [-0.05, 0) is 68.4 Å². The molecular weight excluding hydrogens is 250 g/mol. The number of aryl methyl sites for hydroxylation is 1. The van der Waals surface area contributed by atoms with E-state index in [1.807, 2.05) is 0 Å². The van der Waals surface area contributed by atoms with Gasteiger partial charge < -0.3 is 5.73 Å². The van der Waals surface area contributed by atoms with Crippen LogP contribution < -0.4 is 5.73 Å². The predicted molar refractivity (Wildman–Crippen MR) is 68.1 cm³/mol. The summed E-state index contributed by atoms with van der Waals surface area (Å²) in [6.45, 7) is 4.19. The number of hydrogen-bond donors (Lipinski definition) is 1. The second kappa shape index (κ2) is 3.91. The predicted octanol–water partition coefficient (Wildman–Crippen LogP) is 3.22. The maximum absolute atomic E-state index is 6.10. The lowest BCUT2D eigenvalue weighted by molar-refractivity contribution is 0.515. The molecule has 1 nitrogen and oxygen atoms in total. The van der Waals surface area contributed by atoms with Gasteiger partial charge in [0.1, 0.15) is 0 Å². The molecule has 0 saturated carbocycles. The summed E-state index contributed by atoms with van der Waals surface area (Å²) in [6, 6.07) is 4.49. The molecule has 1 aliphatic carbocycles. The minimum Gasteiger partial charge on any atom is -0.325 e. The molecule has 0 aromatic heterocycles. The van der Waals surface area contributed by atoms with E-state index in [0.717, 1.165) is 6.42 Å². The highest BCUT2D eigenvalue weighted by atomic mass is 79.9. The highest BCUT2D eigenvalue weighted by Gasteiger charge is 2.19. The molecular formula is C13H18BrN. The Morgan fingerprint density at radius 2 is 2.07 bits per heavy atom. The first-order chi connectivity index (χ1) is 6.96. The quantitative estimate of drug-likeness (QED) is 0.875. The molecule has 0 amide bonds. The first-order valence-electron chi connectivity index (χ1n) is 5.55. The fraction of sp³-hybridized carbons (Fsp3) is 0.538. The first-order valence-corrected chi connectivity index (χ1v) is 6.34. The Morgan fingerprint density at radius 1 is 1.33 bits per heavy atom. The molecule has 0 heterocycles. The number of halogens is 1. The Hall–Kier alpha value is -0.340. The Bertz CT molecular complexity index is 377. The standard InChI is InChI=1S/C13H18BrN/c1-13(2,15)8-10-7-11(14)6-9-4-3-5-12(9)10/h6-7H,3-5,8,15H2,1-2H3. The largest absolute Gasteiger partial charge is 0.325 e. The molecule has 0 unspecified atom stereocenters. The number of rotatable bonds is 2. The molecule has 1 aromatic carbocycles. The molecule has 0 radical (unpaired) electrons. The second-order valence-electron chi connectivity index (χ2n) is 5.22. The van der Waals surface area contributed by atoms with E-state index in [1.165, 1.54) is 34.9 Å². The summed E-state index contributed by atoms with van der Waals surface area (Å²) in [5, 5.41) is 0. The smallest absolute Gasteiger partial charge is 0.0180 e. The molecule has 2 rings (SSSR count). The molecule has 0 aliphatic heterocycles. The lowest BCUT2D eigenvalue weighted by Crippen LogP contribution is -2.34. The van der Waals surface area contributed by atoms with Gasteiger partial charge in [0.25, 0.3) is 0 Å². The van der Waals surface area contributed by atoms with E-state index >= 15 is 0 Å². The van der Waals surface area contributed by atoms with E-state index in [1.54, 1.807) is 5.56 Å². The lowest BCUT2D eigenvalue weighted by atomic mass is 9.91. The van der Waals surface area contributed by atoms with Crippen molar-refractivity contribution >= 4 is 15.9 Å². The molecule has 2 heteroatoms. The third-order valence-electron chi connectivity index (χ3n) is 2.92. The molecule has 0 bridgehead atoms. The van der Waals surface area contributed by atoms with Crippen LogP contribution >= 0.6 is 15.9 Å². The van der Waals surface area contributed by atoms with Gasteiger partial charge in [-0.1, -0.05) is 15.9 Å². The topological polar surface area (TPSA) is 26.0 Å². The molecule has 82 valence electrons. The van der Waals surface area contributed by atoms with E-state index in [2.05, 4.69) is 41.9 Å². The van der Waals surface area contributed by atoms with Gasteiger partial charge in [0.15, 0.2) is 0 Å². The second-order valence-corrected chi connectivity index (χ2v) is 6.14. The highest BCUT2D eigenvalue weighted by Crippen LogP contribution is 2.30. The van der Waals surface area contributed by atoms with Gasteiger partial charge in [0.05, 0.1) is 0 Å². The molecule has 1 aliphatic rings. The van der Waals surface area contributed by atoms with E-state index in [9.17, 15) is 0 Å². The van der Waals surface area contributed by atoms with Crippen LogP contribution in [0, 0.1) is 0 Å². The van der Waals surface area contributed by atoms with Crippen LogP contribution in [0.15, 0.2) is 16.6 Å². The first kappa shape index (κ1) is 11.2. The Labute approximate surface area is 100 Å². The van der Waals surface area contributed by atoms with Crippen molar-refractivity contribution in [2.24, 2.45) is 5.73 Å². The summed E-state index contributed by atoms with van der Waals surface area (Å²) < 4.78 is 1.20. The van der Waals surface area contributed by atoms with Crippen LogP contribution in [0.5, 0.6) is 0 Å². The third kappa shape index (κ3) is 2.61. The van der Waals surface area contributed by atoms with Crippen LogP contribution in [0.25, 0.3) is 0 Å². The summed E-state index contributed by atoms with van der Waals surface area (Å²) in [4.78, 5) is 0. The summed E-state index contributed by atoms with van der Waals surface area (Å²) >= 11 is 3.58. The number of benzene rings is 1. The number of nitrogens with two attached hydrogens (primary N) is 1. The molecule has 0 spiro atoms. The average molecular weight is 268 g/mol. The van der Waals surface area contributed by atoms with Crippen LogP contribution in [0.4, 0.5) is 0 Å². The van der Waals surface area contributed by atoms with Crippen LogP contribution in [-0.2, 0) is 19.3 Å². The van der Waals surface area contributed by atoms with Gasteiger partial charge in [-0.25, -0.2) is 0 Å². The Balaban J connectivity index is 2.39. The third-order valence-corrected chi connectivity index (χ3v) is 3.38. The van der Waals surface area contributed by atoms with Gasteiger partial charge in [-0.3, -0.25) is 0 Å². The van der Waals surface area contributed by atoms with Crippen molar-refractivity contribution in [3.63, 3.8) is 0 Å². The van der Waals surface area contributed by atoms with Crippen molar-refractivity contribution in [2.75, 3.05) is 0 Å². The average Bonchev–Trinajstić information content (AvgIpc) is 2.48. The van der Waals surface area contributed by atoms with Crippen LogP contribution in [-0.4, -0.2) is 5.54 Å². The van der Waals surface area contributed by atoms with E-state index in [4.69, 9.17) is 5.73 Å². The SMILES string of the molecule is CC(C)(N)Cc1cc(Br)cc2c1CCC2. The Kier molecular flexibility index (Phi) is 2.91. The summed E-state index contributed by atoms with van der Waals surface area (Å²) in [7, 11) is 0. The van der Waals surface area contributed by atoms with Gasteiger partial charge in [0.2, 0.25) is 0 Å². The molecule has 0 fully saturated rings. The minimum absolute atomic E-state index is 0.114. The van der Waals surface area contributed by atoms with Crippen LogP contribution in [0.1, 0.15) is 37.0 Å². The number of fused-ring (bicyclic) bond motifs is 1. The van der Waals surface area contributed by atoms with Crippen molar-refractivity contribution in [3.05, 3.63) is 33.3 Å². The monoisotopic (exact) mass is 267 g/mol. The molecule has 15 heavy (non-hydrogen) atoms. The van der Waals surface area contributed by atoms with Gasteiger partial charge >= 0.3 is 0 Å². The molecule has 1 aromatic rings. The van der Waals surface area contributed by atoms with Crippen molar-refractivity contribution in [1.29, 1.82) is 0 Å². The zero-order chi connectivity index (χ0) is 11.1. The van der Waals surface area contributed by atoms with Crippen LogP contribution in [0.2, 0.25) is 0 Å². The summed E-state index contributed by atoms with van der Waals surface area (Å²) in [6.07, 6.45) is 4.72. The van der Waals surface area contributed by atoms with Crippen molar-refractivity contribution in [1.82, 2.24) is 0 Å². The molecule has 0 atom stereocenters. The van der Waals surface area contributed by atoms with Gasteiger partial charge in [0, 0.05) is 10.0 Å². The van der Waals surface area contributed by atoms with E-state index in [-0.39, 0.29) is 5.54 Å². The van der Waals surface area contributed by atoms with Crippen LogP contribution in [0.3, 0.4) is 0 Å². The maximum Gasteiger partial charge on any atom is 0.0180 e. The number of hydrogen-bond acceptors (Lipinski definition) is 1. The normalized spacial score (nSPS) is 15.5. The van der Waals surface area contributed by atoms with Crippen molar-refractivity contribution in [3.8, 4) is 0 Å². The van der Waals surface area contributed by atoms with E-state index in [0.29, 0.717) is 0 Å². The van der Waals surface area contributed by atoms with Gasteiger partial charge in [-0.15, -0.1) is 0 Å². The van der Waals surface area contributed by atoms with Crippen molar-refractivity contribution < 1.29 is 0 Å². The fourth-order valence-corrected chi connectivity index (χ4v) is 2.96. The minimum atomic E-state index is -0.114.